The van der Waals surface area contributed by atoms with Gasteiger partial charge in [-0.3, -0.25) is 4.90 Å². The molecule has 1 aliphatic carbocycles. The van der Waals surface area contributed by atoms with Crippen molar-refractivity contribution < 1.29 is 0 Å². The number of nitrogens with zero attached hydrogens (tertiary/aromatic N) is 1. The minimum atomic E-state index is 0.746. The molecule has 100 valence electrons. The molecule has 0 aromatic rings. The van der Waals surface area contributed by atoms with Crippen molar-refractivity contribution in [2.24, 2.45) is 5.92 Å². The predicted molar refractivity (Wildman–Crippen MR) is 74.3 cm³/mol. The van der Waals surface area contributed by atoms with Gasteiger partial charge in [-0.15, -0.1) is 0 Å². The minimum Gasteiger partial charge on any atom is -0.311 e. The van der Waals surface area contributed by atoms with Crippen LogP contribution in [0.25, 0.3) is 0 Å². The Morgan fingerprint density at radius 2 is 1.88 bits per heavy atom. The Labute approximate surface area is 107 Å². The Balaban J connectivity index is 1.98. The smallest absolute Gasteiger partial charge is 0.0252 e. The number of nitrogens with one attached hydrogen (secondary N) is 1. The molecule has 0 spiro atoms. The number of hydrogen-bond donors (Lipinski definition) is 1. The molecule has 1 heterocycles. The van der Waals surface area contributed by atoms with Crippen LogP contribution in [0.5, 0.6) is 0 Å². The first kappa shape index (κ1) is 13.4. The predicted octanol–water partition coefficient (Wildman–Crippen LogP) is 3.03. The van der Waals surface area contributed by atoms with Gasteiger partial charge in [0, 0.05) is 31.2 Å². The molecule has 2 heteroatoms. The van der Waals surface area contributed by atoms with Crippen molar-refractivity contribution >= 4 is 0 Å². The summed E-state index contributed by atoms with van der Waals surface area (Å²) >= 11 is 0. The summed E-state index contributed by atoms with van der Waals surface area (Å²) in [7, 11) is 0. The molecule has 0 aromatic carbocycles. The summed E-state index contributed by atoms with van der Waals surface area (Å²) in [6.07, 6.45) is 8.23. The zero-order valence-electron chi connectivity index (χ0n) is 11.9. The van der Waals surface area contributed by atoms with E-state index in [1.54, 1.807) is 0 Å². The highest BCUT2D eigenvalue weighted by Crippen LogP contribution is 2.37. The van der Waals surface area contributed by atoms with E-state index in [0.29, 0.717) is 0 Å². The van der Waals surface area contributed by atoms with Crippen LogP contribution in [0.4, 0.5) is 0 Å². The Kier molecular flexibility index (Phi) is 4.87. The summed E-state index contributed by atoms with van der Waals surface area (Å²) in [5.41, 5.74) is 0. The van der Waals surface area contributed by atoms with E-state index in [1.165, 1.54) is 51.6 Å². The molecule has 17 heavy (non-hydrogen) atoms. The lowest BCUT2D eigenvalue weighted by Gasteiger charge is -2.45. The van der Waals surface area contributed by atoms with E-state index in [4.69, 9.17) is 0 Å². The van der Waals surface area contributed by atoms with Gasteiger partial charge in [-0.2, -0.15) is 0 Å². The molecule has 2 nitrogen and oxygen atoms in total. The third kappa shape index (κ3) is 3.23. The van der Waals surface area contributed by atoms with Gasteiger partial charge < -0.3 is 5.32 Å². The standard InChI is InChI=1S/C15H30N2/c1-4-7-13-11-17(14(5-2)6-3)15(10-16-13)12-8-9-12/h12-16H,4-11H2,1-3H3. The minimum absolute atomic E-state index is 0.746. The molecule has 0 aromatic heterocycles. The van der Waals surface area contributed by atoms with Gasteiger partial charge in [0.2, 0.25) is 0 Å². The molecule has 1 aliphatic heterocycles. The van der Waals surface area contributed by atoms with Crippen molar-refractivity contribution in [1.82, 2.24) is 10.2 Å². The van der Waals surface area contributed by atoms with Crippen LogP contribution in [0.15, 0.2) is 0 Å². The SMILES string of the molecule is CCCC1CN(C(CC)CC)C(C2CC2)CN1. The van der Waals surface area contributed by atoms with Crippen molar-refractivity contribution in [3.8, 4) is 0 Å². The van der Waals surface area contributed by atoms with Crippen LogP contribution in [-0.2, 0) is 0 Å². The third-order valence-corrected chi connectivity index (χ3v) is 4.69. The van der Waals surface area contributed by atoms with Gasteiger partial charge in [-0.05, 0) is 38.0 Å². The lowest BCUT2D eigenvalue weighted by atomic mass is 9.97. The zero-order chi connectivity index (χ0) is 12.3. The maximum absolute atomic E-state index is 3.78. The van der Waals surface area contributed by atoms with Crippen LogP contribution in [0.1, 0.15) is 59.3 Å². The van der Waals surface area contributed by atoms with Gasteiger partial charge in [0.15, 0.2) is 0 Å². The maximum atomic E-state index is 3.78. The molecule has 2 unspecified atom stereocenters. The van der Waals surface area contributed by atoms with Crippen LogP contribution >= 0.6 is 0 Å². The van der Waals surface area contributed by atoms with Gasteiger partial charge in [0.1, 0.15) is 0 Å². The maximum Gasteiger partial charge on any atom is 0.0252 e. The summed E-state index contributed by atoms with van der Waals surface area (Å²) in [5.74, 6) is 1.01. The Hall–Kier alpha value is -0.0800. The second kappa shape index (κ2) is 6.19. The van der Waals surface area contributed by atoms with E-state index in [1.807, 2.05) is 0 Å². The first-order chi connectivity index (χ1) is 8.30. The molecule has 2 rings (SSSR count). The highest BCUT2D eigenvalue weighted by atomic mass is 15.3. The first-order valence-electron chi connectivity index (χ1n) is 7.79. The summed E-state index contributed by atoms with van der Waals surface area (Å²) in [5, 5.41) is 3.78. The third-order valence-electron chi connectivity index (χ3n) is 4.69. The van der Waals surface area contributed by atoms with E-state index in [9.17, 15) is 0 Å². The van der Waals surface area contributed by atoms with Crippen LogP contribution in [0.3, 0.4) is 0 Å². The van der Waals surface area contributed by atoms with Crippen LogP contribution in [-0.4, -0.2) is 36.1 Å². The number of piperazine rings is 1. The Morgan fingerprint density at radius 1 is 1.18 bits per heavy atom. The van der Waals surface area contributed by atoms with Crippen molar-refractivity contribution in [2.45, 2.75) is 77.4 Å². The largest absolute Gasteiger partial charge is 0.311 e. The van der Waals surface area contributed by atoms with Crippen LogP contribution < -0.4 is 5.32 Å². The second-order valence-corrected chi connectivity index (χ2v) is 5.97. The summed E-state index contributed by atoms with van der Waals surface area (Å²) in [6.45, 7) is 9.55. The van der Waals surface area contributed by atoms with Crippen molar-refractivity contribution in [3.05, 3.63) is 0 Å². The van der Waals surface area contributed by atoms with Gasteiger partial charge in [-0.1, -0.05) is 27.2 Å². The monoisotopic (exact) mass is 238 g/mol. The molecule has 2 aliphatic rings. The second-order valence-electron chi connectivity index (χ2n) is 5.97. The van der Waals surface area contributed by atoms with Gasteiger partial charge in [0.05, 0.1) is 0 Å². The first-order valence-corrected chi connectivity index (χ1v) is 7.79. The van der Waals surface area contributed by atoms with E-state index in [0.717, 1.165) is 24.0 Å². The van der Waals surface area contributed by atoms with E-state index in [2.05, 4.69) is 31.0 Å². The fourth-order valence-corrected chi connectivity index (χ4v) is 3.50. The fraction of sp³-hybridized carbons (Fsp3) is 1.00. The molecule has 1 saturated carbocycles. The average Bonchev–Trinajstić information content (AvgIpc) is 3.16. The van der Waals surface area contributed by atoms with Crippen LogP contribution in [0.2, 0.25) is 0 Å². The van der Waals surface area contributed by atoms with Crippen molar-refractivity contribution in [3.63, 3.8) is 0 Å². The molecular formula is C15H30N2. The van der Waals surface area contributed by atoms with Gasteiger partial charge >= 0.3 is 0 Å². The number of hydrogen-bond acceptors (Lipinski definition) is 2. The molecule has 0 radical (unpaired) electrons. The molecule has 0 amide bonds. The molecular weight excluding hydrogens is 208 g/mol. The molecule has 0 bridgehead atoms. The average molecular weight is 238 g/mol. The fourth-order valence-electron chi connectivity index (χ4n) is 3.50. The van der Waals surface area contributed by atoms with E-state index >= 15 is 0 Å². The molecule has 1 N–H and O–H groups in total. The quantitative estimate of drug-likeness (QED) is 0.765. The lowest BCUT2D eigenvalue weighted by Crippen LogP contribution is -2.60. The van der Waals surface area contributed by atoms with E-state index < -0.39 is 0 Å². The molecule has 2 atom stereocenters. The summed E-state index contributed by atoms with van der Waals surface area (Å²) in [4.78, 5) is 2.86. The van der Waals surface area contributed by atoms with E-state index in [-0.39, 0.29) is 0 Å². The normalized spacial score (nSPS) is 31.1. The topological polar surface area (TPSA) is 15.3 Å². The highest BCUT2D eigenvalue weighted by molar-refractivity contribution is 4.96. The molecule has 1 saturated heterocycles. The van der Waals surface area contributed by atoms with Crippen LogP contribution in [0, 0.1) is 5.92 Å². The highest BCUT2D eigenvalue weighted by Gasteiger charge is 2.40. The van der Waals surface area contributed by atoms with Gasteiger partial charge in [0.25, 0.3) is 0 Å². The van der Waals surface area contributed by atoms with Gasteiger partial charge in [-0.25, -0.2) is 0 Å². The molecule has 2 fully saturated rings. The Bertz CT molecular complexity index is 221. The summed E-state index contributed by atoms with van der Waals surface area (Å²) < 4.78 is 0. The lowest BCUT2D eigenvalue weighted by molar-refractivity contribution is 0.0624. The van der Waals surface area contributed by atoms with Crippen molar-refractivity contribution in [1.29, 1.82) is 0 Å². The Morgan fingerprint density at radius 3 is 2.41 bits per heavy atom. The summed E-state index contributed by atoms with van der Waals surface area (Å²) in [6, 6.07) is 2.41. The van der Waals surface area contributed by atoms with Crippen molar-refractivity contribution in [2.75, 3.05) is 13.1 Å². The zero-order valence-corrected chi connectivity index (χ0v) is 11.9. The number of rotatable bonds is 6.